The standard InChI is InChI=1S/C13H13ClN2O/c1-9(15)12-3-2-8-16-13(12)17-11-6-4-10(14)5-7-11/h2-9H,15H2,1H3. The van der Waals surface area contributed by atoms with Crippen LogP contribution >= 0.6 is 11.6 Å². The van der Waals surface area contributed by atoms with Crippen LogP contribution in [0.3, 0.4) is 0 Å². The molecule has 1 atom stereocenters. The molecule has 0 fully saturated rings. The van der Waals surface area contributed by atoms with Crippen molar-refractivity contribution in [2.45, 2.75) is 13.0 Å². The Hall–Kier alpha value is -1.58. The Morgan fingerprint density at radius 2 is 1.94 bits per heavy atom. The van der Waals surface area contributed by atoms with Gasteiger partial charge < -0.3 is 10.5 Å². The fourth-order valence-electron chi connectivity index (χ4n) is 1.45. The lowest BCUT2D eigenvalue weighted by atomic mass is 10.1. The molecule has 0 bridgehead atoms. The molecule has 3 nitrogen and oxygen atoms in total. The minimum atomic E-state index is -0.119. The Morgan fingerprint density at radius 1 is 1.24 bits per heavy atom. The first kappa shape index (κ1) is 11.9. The maximum atomic E-state index is 5.85. The number of nitrogens with two attached hydrogens (primary N) is 1. The van der Waals surface area contributed by atoms with E-state index in [9.17, 15) is 0 Å². The number of benzene rings is 1. The maximum absolute atomic E-state index is 5.85. The summed E-state index contributed by atoms with van der Waals surface area (Å²) in [5, 5.41) is 0.672. The van der Waals surface area contributed by atoms with Gasteiger partial charge in [0.15, 0.2) is 0 Å². The molecule has 0 radical (unpaired) electrons. The number of pyridine rings is 1. The second-order valence-corrected chi connectivity index (χ2v) is 4.18. The van der Waals surface area contributed by atoms with Gasteiger partial charge in [-0.3, -0.25) is 0 Å². The molecule has 0 amide bonds. The zero-order valence-electron chi connectivity index (χ0n) is 9.43. The van der Waals surface area contributed by atoms with E-state index in [1.54, 1.807) is 30.5 Å². The molecule has 0 aliphatic carbocycles. The highest BCUT2D eigenvalue weighted by atomic mass is 35.5. The average Bonchev–Trinajstić information content (AvgIpc) is 2.32. The predicted molar refractivity (Wildman–Crippen MR) is 68.4 cm³/mol. The smallest absolute Gasteiger partial charge is 0.223 e. The molecule has 2 N–H and O–H groups in total. The molecular weight excluding hydrogens is 236 g/mol. The molecular formula is C13H13ClN2O. The van der Waals surface area contributed by atoms with E-state index in [1.807, 2.05) is 19.1 Å². The van der Waals surface area contributed by atoms with Gasteiger partial charge in [-0.1, -0.05) is 17.7 Å². The molecule has 0 aliphatic heterocycles. The molecule has 4 heteroatoms. The first-order chi connectivity index (χ1) is 8.16. The van der Waals surface area contributed by atoms with E-state index < -0.39 is 0 Å². The molecule has 0 spiro atoms. The SMILES string of the molecule is CC(N)c1cccnc1Oc1ccc(Cl)cc1. The lowest BCUT2D eigenvalue weighted by Gasteiger charge is -2.11. The highest BCUT2D eigenvalue weighted by Crippen LogP contribution is 2.26. The van der Waals surface area contributed by atoms with E-state index in [1.165, 1.54) is 0 Å². The molecule has 2 aromatic rings. The average molecular weight is 249 g/mol. The second-order valence-electron chi connectivity index (χ2n) is 3.74. The summed E-state index contributed by atoms with van der Waals surface area (Å²) in [7, 11) is 0. The highest BCUT2D eigenvalue weighted by Gasteiger charge is 2.09. The van der Waals surface area contributed by atoms with Crippen molar-refractivity contribution in [3.63, 3.8) is 0 Å². The normalized spacial score (nSPS) is 12.2. The Labute approximate surface area is 105 Å². The summed E-state index contributed by atoms with van der Waals surface area (Å²) in [6.45, 7) is 1.89. The number of hydrogen-bond acceptors (Lipinski definition) is 3. The van der Waals surface area contributed by atoms with Gasteiger partial charge in [-0.05, 0) is 37.3 Å². The van der Waals surface area contributed by atoms with Gasteiger partial charge in [-0.25, -0.2) is 4.98 Å². The van der Waals surface area contributed by atoms with Crippen molar-refractivity contribution in [1.29, 1.82) is 0 Å². The number of halogens is 1. The van der Waals surface area contributed by atoms with Crippen molar-refractivity contribution in [3.05, 3.63) is 53.2 Å². The second kappa shape index (κ2) is 5.17. The maximum Gasteiger partial charge on any atom is 0.223 e. The molecule has 0 aliphatic rings. The van der Waals surface area contributed by atoms with E-state index in [0.29, 0.717) is 16.7 Å². The summed E-state index contributed by atoms with van der Waals surface area (Å²) in [6, 6.07) is 10.8. The molecule has 1 aromatic carbocycles. The van der Waals surface area contributed by atoms with Gasteiger partial charge in [0.25, 0.3) is 0 Å². The zero-order chi connectivity index (χ0) is 12.3. The molecule has 17 heavy (non-hydrogen) atoms. The Kier molecular flexibility index (Phi) is 3.61. The predicted octanol–water partition coefficient (Wildman–Crippen LogP) is 3.55. The molecule has 0 saturated carbocycles. The van der Waals surface area contributed by atoms with E-state index in [4.69, 9.17) is 22.1 Å². The Morgan fingerprint density at radius 3 is 2.59 bits per heavy atom. The number of hydrogen-bond donors (Lipinski definition) is 1. The molecule has 1 aromatic heterocycles. The topological polar surface area (TPSA) is 48.1 Å². The minimum Gasteiger partial charge on any atom is -0.439 e. The van der Waals surface area contributed by atoms with Crippen LogP contribution in [0.4, 0.5) is 0 Å². The Bertz CT molecular complexity index is 497. The summed E-state index contributed by atoms with van der Waals surface area (Å²) in [6.07, 6.45) is 1.68. The van der Waals surface area contributed by atoms with E-state index in [2.05, 4.69) is 4.98 Å². The third-order valence-corrected chi connectivity index (χ3v) is 2.57. The van der Waals surface area contributed by atoms with Crippen molar-refractivity contribution in [2.75, 3.05) is 0 Å². The van der Waals surface area contributed by atoms with Gasteiger partial charge >= 0.3 is 0 Å². The van der Waals surface area contributed by atoms with Crippen LogP contribution in [0.5, 0.6) is 11.6 Å². The van der Waals surface area contributed by atoms with Crippen LogP contribution < -0.4 is 10.5 Å². The van der Waals surface area contributed by atoms with Crippen molar-refractivity contribution >= 4 is 11.6 Å². The van der Waals surface area contributed by atoms with Crippen LogP contribution in [-0.2, 0) is 0 Å². The van der Waals surface area contributed by atoms with Crippen LogP contribution in [0.25, 0.3) is 0 Å². The largest absolute Gasteiger partial charge is 0.439 e. The third-order valence-electron chi connectivity index (χ3n) is 2.32. The highest BCUT2D eigenvalue weighted by molar-refractivity contribution is 6.30. The lowest BCUT2D eigenvalue weighted by Crippen LogP contribution is -2.07. The van der Waals surface area contributed by atoms with Crippen LogP contribution in [0.2, 0.25) is 5.02 Å². The molecule has 1 heterocycles. The summed E-state index contributed by atoms with van der Waals surface area (Å²) >= 11 is 5.81. The van der Waals surface area contributed by atoms with Crippen LogP contribution in [0, 0.1) is 0 Å². The molecule has 2 rings (SSSR count). The fourth-order valence-corrected chi connectivity index (χ4v) is 1.58. The number of rotatable bonds is 3. The van der Waals surface area contributed by atoms with Gasteiger partial charge in [0.1, 0.15) is 5.75 Å². The van der Waals surface area contributed by atoms with Gasteiger partial charge in [0.2, 0.25) is 5.88 Å². The van der Waals surface area contributed by atoms with E-state index in [0.717, 1.165) is 5.56 Å². The Balaban J connectivity index is 2.26. The first-order valence-electron chi connectivity index (χ1n) is 5.31. The zero-order valence-corrected chi connectivity index (χ0v) is 10.2. The van der Waals surface area contributed by atoms with E-state index >= 15 is 0 Å². The summed E-state index contributed by atoms with van der Waals surface area (Å²) in [4.78, 5) is 4.18. The van der Waals surface area contributed by atoms with E-state index in [-0.39, 0.29) is 6.04 Å². The van der Waals surface area contributed by atoms with Gasteiger partial charge in [0, 0.05) is 22.8 Å². The fraction of sp³-hybridized carbons (Fsp3) is 0.154. The van der Waals surface area contributed by atoms with Crippen molar-refractivity contribution < 1.29 is 4.74 Å². The van der Waals surface area contributed by atoms with Crippen molar-refractivity contribution in [3.8, 4) is 11.6 Å². The van der Waals surface area contributed by atoms with Crippen LogP contribution in [-0.4, -0.2) is 4.98 Å². The van der Waals surface area contributed by atoms with Gasteiger partial charge in [0.05, 0.1) is 0 Å². The summed E-state index contributed by atoms with van der Waals surface area (Å²) < 4.78 is 5.68. The van der Waals surface area contributed by atoms with Crippen molar-refractivity contribution in [2.24, 2.45) is 5.73 Å². The van der Waals surface area contributed by atoms with Crippen LogP contribution in [0.15, 0.2) is 42.6 Å². The lowest BCUT2D eigenvalue weighted by molar-refractivity contribution is 0.452. The monoisotopic (exact) mass is 248 g/mol. The summed E-state index contributed by atoms with van der Waals surface area (Å²) in [5.41, 5.74) is 6.73. The minimum absolute atomic E-state index is 0.119. The van der Waals surface area contributed by atoms with Gasteiger partial charge in [-0.2, -0.15) is 0 Å². The quantitative estimate of drug-likeness (QED) is 0.904. The molecule has 1 unspecified atom stereocenters. The molecule has 88 valence electrons. The van der Waals surface area contributed by atoms with Crippen molar-refractivity contribution in [1.82, 2.24) is 4.98 Å². The third kappa shape index (κ3) is 2.96. The number of ether oxygens (including phenoxy) is 1. The summed E-state index contributed by atoms with van der Waals surface area (Å²) in [5.74, 6) is 1.22. The van der Waals surface area contributed by atoms with Gasteiger partial charge in [-0.15, -0.1) is 0 Å². The first-order valence-corrected chi connectivity index (χ1v) is 5.68. The number of nitrogens with zero attached hydrogens (tertiary/aromatic N) is 1. The molecule has 0 saturated heterocycles. The van der Waals surface area contributed by atoms with Crippen LogP contribution in [0.1, 0.15) is 18.5 Å². The number of aromatic nitrogens is 1.